The Morgan fingerprint density at radius 1 is 1.20 bits per heavy atom. The standard InChI is InChI=1S/C13H14FN5O/c14-10-4-2-1-3-9(10)7-8-16-13(20)11-5-6-12(17-15)19-18-11/h1-6H,7-8,15H2,(H,16,20)(H,17,19). The second-order valence-corrected chi connectivity index (χ2v) is 4.05. The minimum Gasteiger partial charge on any atom is -0.350 e. The van der Waals surface area contributed by atoms with Crippen molar-refractivity contribution in [2.45, 2.75) is 6.42 Å². The molecule has 0 aliphatic heterocycles. The van der Waals surface area contributed by atoms with Gasteiger partial charge in [-0.2, -0.15) is 0 Å². The first kappa shape index (κ1) is 13.9. The molecule has 4 N–H and O–H groups in total. The Labute approximate surface area is 115 Å². The van der Waals surface area contributed by atoms with E-state index in [0.29, 0.717) is 24.3 Å². The molecule has 20 heavy (non-hydrogen) atoms. The summed E-state index contributed by atoms with van der Waals surface area (Å²) >= 11 is 0. The number of aromatic nitrogens is 2. The van der Waals surface area contributed by atoms with E-state index in [4.69, 9.17) is 5.84 Å². The molecule has 6 nitrogen and oxygen atoms in total. The van der Waals surface area contributed by atoms with Crippen molar-refractivity contribution in [1.82, 2.24) is 15.5 Å². The second-order valence-electron chi connectivity index (χ2n) is 4.05. The van der Waals surface area contributed by atoms with Crippen molar-refractivity contribution in [1.29, 1.82) is 0 Å². The highest BCUT2D eigenvalue weighted by molar-refractivity contribution is 5.92. The van der Waals surface area contributed by atoms with E-state index in [0.717, 1.165) is 0 Å². The summed E-state index contributed by atoms with van der Waals surface area (Å²) in [4.78, 5) is 11.8. The number of nitrogens with one attached hydrogen (secondary N) is 2. The van der Waals surface area contributed by atoms with E-state index in [1.165, 1.54) is 12.1 Å². The van der Waals surface area contributed by atoms with Crippen molar-refractivity contribution in [3.05, 3.63) is 53.5 Å². The molecule has 104 valence electrons. The summed E-state index contributed by atoms with van der Waals surface area (Å²) < 4.78 is 13.4. The monoisotopic (exact) mass is 275 g/mol. The van der Waals surface area contributed by atoms with Gasteiger partial charge in [-0.25, -0.2) is 10.2 Å². The summed E-state index contributed by atoms with van der Waals surface area (Å²) in [7, 11) is 0. The van der Waals surface area contributed by atoms with Crippen molar-refractivity contribution in [2.75, 3.05) is 12.0 Å². The van der Waals surface area contributed by atoms with Gasteiger partial charge in [0.2, 0.25) is 0 Å². The maximum atomic E-state index is 13.4. The molecular weight excluding hydrogens is 261 g/mol. The number of carbonyl (C=O) groups is 1. The third kappa shape index (κ3) is 3.48. The van der Waals surface area contributed by atoms with Gasteiger partial charge < -0.3 is 10.7 Å². The van der Waals surface area contributed by atoms with Gasteiger partial charge in [-0.3, -0.25) is 4.79 Å². The number of rotatable bonds is 5. The zero-order valence-electron chi connectivity index (χ0n) is 10.6. The minimum atomic E-state index is -0.364. The van der Waals surface area contributed by atoms with E-state index in [-0.39, 0.29) is 17.4 Å². The van der Waals surface area contributed by atoms with Crippen LogP contribution in [-0.4, -0.2) is 22.6 Å². The number of amides is 1. The molecule has 0 radical (unpaired) electrons. The summed E-state index contributed by atoms with van der Waals surface area (Å²) in [5.74, 6) is 4.87. The number of nitrogens with two attached hydrogens (primary N) is 1. The Morgan fingerprint density at radius 3 is 2.65 bits per heavy atom. The van der Waals surface area contributed by atoms with Gasteiger partial charge in [0.05, 0.1) is 0 Å². The predicted octanol–water partition coefficient (Wildman–Crippen LogP) is 0.874. The lowest BCUT2D eigenvalue weighted by Gasteiger charge is -2.05. The summed E-state index contributed by atoms with van der Waals surface area (Å²) in [5.41, 5.74) is 3.05. The van der Waals surface area contributed by atoms with Crippen molar-refractivity contribution < 1.29 is 9.18 Å². The zero-order chi connectivity index (χ0) is 14.4. The number of halogens is 1. The van der Waals surface area contributed by atoms with Crippen LogP contribution in [0.2, 0.25) is 0 Å². The SMILES string of the molecule is NNc1ccc(C(=O)NCCc2ccccc2F)nn1. The van der Waals surface area contributed by atoms with Crippen LogP contribution >= 0.6 is 0 Å². The van der Waals surface area contributed by atoms with E-state index >= 15 is 0 Å². The molecule has 2 rings (SSSR count). The Morgan fingerprint density at radius 2 is 2.00 bits per heavy atom. The molecule has 0 unspecified atom stereocenters. The van der Waals surface area contributed by atoms with Gasteiger partial charge in [0.1, 0.15) is 5.82 Å². The van der Waals surface area contributed by atoms with Crippen LogP contribution in [0.4, 0.5) is 10.2 Å². The average Bonchev–Trinajstić information content (AvgIpc) is 2.49. The first-order chi connectivity index (χ1) is 9.70. The van der Waals surface area contributed by atoms with Crippen LogP contribution in [0.5, 0.6) is 0 Å². The highest BCUT2D eigenvalue weighted by atomic mass is 19.1. The van der Waals surface area contributed by atoms with Gasteiger partial charge in [0.15, 0.2) is 11.5 Å². The quantitative estimate of drug-likeness (QED) is 0.556. The third-order valence-electron chi connectivity index (χ3n) is 2.68. The number of benzene rings is 1. The molecule has 2 aromatic rings. The topological polar surface area (TPSA) is 92.9 Å². The van der Waals surface area contributed by atoms with Gasteiger partial charge in [0, 0.05) is 6.54 Å². The Hall–Kier alpha value is -2.54. The average molecular weight is 275 g/mol. The summed E-state index contributed by atoms with van der Waals surface area (Å²) in [5, 5.41) is 10.1. The normalized spacial score (nSPS) is 10.1. The maximum Gasteiger partial charge on any atom is 0.271 e. The molecule has 1 amide bonds. The molecule has 7 heteroatoms. The van der Waals surface area contributed by atoms with Gasteiger partial charge in [0.25, 0.3) is 5.91 Å². The molecule has 0 bridgehead atoms. The Kier molecular flexibility index (Phi) is 4.56. The number of hydrazine groups is 1. The van der Waals surface area contributed by atoms with Crippen LogP contribution in [0.1, 0.15) is 16.1 Å². The van der Waals surface area contributed by atoms with E-state index < -0.39 is 0 Å². The lowest BCUT2D eigenvalue weighted by molar-refractivity contribution is 0.0948. The van der Waals surface area contributed by atoms with Crippen molar-refractivity contribution in [3.63, 3.8) is 0 Å². The number of hydrogen-bond donors (Lipinski definition) is 3. The molecular formula is C13H14FN5O. The predicted molar refractivity (Wildman–Crippen MR) is 72.3 cm³/mol. The van der Waals surface area contributed by atoms with E-state index in [1.807, 2.05) is 0 Å². The van der Waals surface area contributed by atoms with Crippen molar-refractivity contribution in [2.24, 2.45) is 5.84 Å². The molecule has 1 heterocycles. The molecule has 0 aliphatic rings. The molecule has 1 aromatic heterocycles. The fourth-order valence-electron chi connectivity index (χ4n) is 1.63. The molecule has 0 fully saturated rings. The molecule has 0 spiro atoms. The lowest BCUT2D eigenvalue weighted by atomic mass is 10.1. The van der Waals surface area contributed by atoms with Crippen LogP contribution in [0.3, 0.4) is 0 Å². The highest BCUT2D eigenvalue weighted by Crippen LogP contribution is 2.06. The Balaban J connectivity index is 1.87. The number of hydrogen-bond acceptors (Lipinski definition) is 5. The number of carbonyl (C=O) groups excluding carboxylic acids is 1. The van der Waals surface area contributed by atoms with E-state index in [1.54, 1.807) is 24.3 Å². The minimum absolute atomic E-state index is 0.178. The first-order valence-electron chi connectivity index (χ1n) is 6.02. The maximum absolute atomic E-state index is 13.4. The summed E-state index contributed by atoms with van der Waals surface area (Å²) in [6, 6.07) is 9.49. The van der Waals surface area contributed by atoms with Crippen LogP contribution < -0.4 is 16.6 Å². The number of anilines is 1. The molecule has 0 saturated heterocycles. The second kappa shape index (κ2) is 6.58. The highest BCUT2D eigenvalue weighted by Gasteiger charge is 2.08. The fraction of sp³-hybridized carbons (Fsp3) is 0.154. The van der Waals surface area contributed by atoms with Gasteiger partial charge in [-0.1, -0.05) is 18.2 Å². The van der Waals surface area contributed by atoms with Gasteiger partial charge in [-0.15, -0.1) is 10.2 Å². The van der Waals surface area contributed by atoms with Crippen LogP contribution in [0, 0.1) is 5.82 Å². The van der Waals surface area contributed by atoms with Crippen LogP contribution in [-0.2, 0) is 6.42 Å². The molecule has 0 aliphatic carbocycles. The molecule has 0 saturated carbocycles. The molecule has 1 aromatic carbocycles. The number of nitrogens with zero attached hydrogens (tertiary/aromatic N) is 2. The smallest absolute Gasteiger partial charge is 0.271 e. The van der Waals surface area contributed by atoms with Crippen LogP contribution in [0.15, 0.2) is 36.4 Å². The number of nitrogen functional groups attached to an aromatic ring is 1. The van der Waals surface area contributed by atoms with E-state index in [9.17, 15) is 9.18 Å². The van der Waals surface area contributed by atoms with Crippen molar-refractivity contribution >= 4 is 11.7 Å². The summed E-state index contributed by atoms with van der Waals surface area (Å²) in [6.07, 6.45) is 0.411. The largest absolute Gasteiger partial charge is 0.350 e. The Bertz CT molecular complexity index is 588. The lowest BCUT2D eigenvalue weighted by Crippen LogP contribution is -2.27. The fourth-order valence-corrected chi connectivity index (χ4v) is 1.63. The summed E-state index contributed by atoms with van der Waals surface area (Å²) in [6.45, 7) is 0.318. The van der Waals surface area contributed by atoms with Gasteiger partial charge >= 0.3 is 0 Å². The van der Waals surface area contributed by atoms with Gasteiger partial charge in [-0.05, 0) is 30.2 Å². The van der Waals surface area contributed by atoms with Crippen molar-refractivity contribution in [3.8, 4) is 0 Å². The van der Waals surface area contributed by atoms with E-state index in [2.05, 4.69) is 20.9 Å². The zero-order valence-corrected chi connectivity index (χ0v) is 10.6. The first-order valence-corrected chi connectivity index (χ1v) is 6.02. The van der Waals surface area contributed by atoms with Crippen LogP contribution in [0.25, 0.3) is 0 Å². The third-order valence-corrected chi connectivity index (χ3v) is 2.68. The molecule has 0 atom stereocenters.